The molecule has 0 saturated heterocycles. The zero-order chi connectivity index (χ0) is 23.6. The van der Waals surface area contributed by atoms with Crippen LogP contribution >= 0.6 is 0 Å². The predicted molar refractivity (Wildman–Crippen MR) is 144 cm³/mol. The summed E-state index contributed by atoms with van der Waals surface area (Å²) in [5.41, 5.74) is 8.83. The Balaban J connectivity index is 1.64. The summed E-state index contributed by atoms with van der Waals surface area (Å²) in [6.45, 7) is 0. The number of aromatic nitrogens is 6. The van der Waals surface area contributed by atoms with Crippen molar-refractivity contribution in [1.82, 2.24) is 29.1 Å². The van der Waals surface area contributed by atoms with Crippen LogP contribution in [0.3, 0.4) is 0 Å². The normalized spacial score (nSPS) is 11.9. The summed E-state index contributed by atoms with van der Waals surface area (Å²) in [6.07, 6.45) is 5.60. The van der Waals surface area contributed by atoms with Crippen molar-refractivity contribution in [2.75, 3.05) is 0 Å². The Morgan fingerprint density at radius 1 is 0.500 bits per heavy atom. The standard InChI is InChI=1S/C30H18N6/c1-2-8-19(9-3-1)35-25-13-7-17-32-27(25)21-18-33-28-20-10-4-5-12-24(20)36(30(28)29(21)35)26-15-14-22-23(34-26)11-6-16-31-22/h1-18H. The first-order chi connectivity index (χ1) is 17.9. The lowest BCUT2D eigenvalue weighted by molar-refractivity contribution is 1.09. The Kier molecular flexibility index (Phi) is 3.85. The van der Waals surface area contributed by atoms with Gasteiger partial charge >= 0.3 is 0 Å². The van der Waals surface area contributed by atoms with Gasteiger partial charge < -0.3 is 4.57 Å². The summed E-state index contributed by atoms with van der Waals surface area (Å²) >= 11 is 0. The molecule has 0 aliphatic rings. The molecule has 6 nitrogen and oxygen atoms in total. The minimum atomic E-state index is 0.828. The van der Waals surface area contributed by atoms with Gasteiger partial charge in [-0.2, -0.15) is 0 Å². The van der Waals surface area contributed by atoms with E-state index < -0.39 is 0 Å². The molecule has 0 atom stereocenters. The molecule has 2 aromatic carbocycles. The minimum absolute atomic E-state index is 0.828. The fourth-order valence-corrected chi connectivity index (χ4v) is 5.35. The molecule has 0 bridgehead atoms. The van der Waals surface area contributed by atoms with Crippen LogP contribution in [0.4, 0.5) is 0 Å². The molecule has 0 unspecified atom stereocenters. The van der Waals surface area contributed by atoms with Crippen LogP contribution < -0.4 is 0 Å². The molecular formula is C30H18N6. The second-order valence-corrected chi connectivity index (χ2v) is 8.82. The molecule has 0 N–H and O–H groups in total. The second kappa shape index (κ2) is 7.20. The predicted octanol–water partition coefficient (Wildman–Crippen LogP) is 6.61. The topological polar surface area (TPSA) is 61.4 Å². The zero-order valence-electron chi connectivity index (χ0n) is 19.1. The summed E-state index contributed by atoms with van der Waals surface area (Å²) in [4.78, 5) is 19.2. The van der Waals surface area contributed by atoms with E-state index in [-0.39, 0.29) is 0 Å². The Morgan fingerprint density at radius 3 is 2.25 bits per heavy atom. The maximum absolute atomic E-state index is 5.03. The van der Waals surface area contributed by atoms with E-state index in [4.69, 9.17) is 15.0 Å². The van der Waals surface area contributed by atoms with Crippen molar-refractivity contribution in [1.29, 1.82) is 0 Å². The van der Waals surface area contributed by atoms with E-state index in [0.717, 1.165) is 66.4 Å². The van der Waals surface area contributed by atoms with Crippen LogP contribution in [0.5, 0.6) is 0 Å². The first-order valence-corrected chi connectivity index (χ1v) is 11.8. The highest BCUT2D eigenvalue weighted by Gasteiger charge is 2.22. The molecule has 6 heteroatoms. The van der Waals surface area contributed by atoms with Crippen molar-refractivity contribution in [2.45, 2.75) is 0 Å². The van der Waals surface area contributed by atoms with Crippen LogP contribution in [0.25, 0.3) is 66.4 Å². The van der Waals surface area contributed by atoms with E-state index >= 15 is 0 Å². The van der Waals surface area contributed by atoms with Crippen LogP contribution in [-0.4, -0.2) is 29.1 Å². The Bertz CT molecular complexity index is 2100. The first kappa shape index (κ1) is 19.2. The highest BCUT2D eigenvalue weighted by molar-refractivity contribution is 6.21. The van der Waals surface area contributed by atoms with E-state index in [1.165, 1.54) is 0 Å². The van der Waals surface area contributed by atoms with Crippen LogP contribution in [0.1, 0.15) is 0 Å². The number of benzene rings is 2. The number of fused-ring (bicyclic) bond motifs is 8. The Labute approximate surface area is 205 Å². The summed E-state index contributed by atoms with van der Waals surface area (Å²) in [6, 6.07) is 30.9. The fourth-order valence-electron chi connectivity index (χ4n) is 5.35. The molecule has 168 valence electrons. The highest BCUT2D eigenvalue weighted by atomic mass is 15.1. The van der Waals surface area contributed by atoms with Gasteiger partial charge in [-0.3, -0.25) is 19.5 Å². The van der Waals surface area contributed by atoms with Crippen molar-refractivity contribution in [3.63, 3.8) is 0 Å². The summed E-state index contributed by atoms with van der Waals surface area (Å²) in [5, 5.41) is 2.09. The van der Waals surface area contributed by atoms with Gasteiger partial charge in [0.1, 0.15) is 5.82 Å². The lowest BCUT2D eigenvalue weighted by Crippen LogP contribution is -2.01. The summed E-state index contributed by atoms with van der Waals surface area (Å²) in [7, 11) is 0. The van der Waals surface area contributed by atoms with Gasteiger partial charge in [0.25, 0.3) is 0 Å². The molecular weight excluding hydrogens is 444 g/mol. The molecule has 8 aromatic rings. The van der Waals surface area contributed by atoms with Crippen LogP contribution in [0, 0.1) is 0 Å². The molecule has 0 saturated carbocycles. The van der Waals surface area contributed by atoms with Crippen LogP contribution in [0.2, 0.25) is 0 Å². The van der Waals surface area contributed by atoms with E-state index in [1.807, 2.05) is 48.8 Å². The third kappa shape index (κ3) is 2.55. The second-order valence-electron chi connectivity index (χ2n) is 8.82. The Hall–Kier alpha value is -5.10. The number of hydrogen-bond acceptors (Lipinski definition) is 4. The van der Waals surface area contributed by atoms with Crippen molar-refractivity contribution in [3.8, 4) is 11.5 Å². The van der Waals surface area contributed by atoms with Crippen molar-refractivity contribution >= 4 is 54.9 Å². The van der Waals surface area contributed by atoms with E-state index in [9.17, 15) is 0 Å². The van der Waals surface area contributed by atoms with E-state index in [1.54, 1.807) is 6.20 Å². The fraction of sp³-hybridized carbons (Fsp3) is 0. The number of hydrogen-bond donors (Lipinski definition) is 0. The molecule has 0 spiro atoms. The van der Waals surface area contributed by atoms with E-state index in [0.29, 0.717) is 0 Å². The van der Waals surface area contributed by atoms with E-state index in [2.05, 4.69) is 68.7 Å². The quantitative estimate of drug-likeness (QED) is 0.290. The number of pyridine rings is 4. The molecule has 0 fully saturated rings. The lowest BCUT2D eigenvalue weighted by atomic mass is 10.2. The molecule has 0 aliphatic heterocycles. The van der Waals surface area contributed by atoms with Crippen LogP contribution in [-0.2, 0) is 0 Å². The largest absolute Gasteiger partial charge is 0.305 e. The lowest BCUT2D eigenvalue weighted by Gasteiger charge is -2.11. The smallest absolute Gasteiger partial charge is 0.138 e. The monoisotopic (exact) mass is 462 g/mol. The van der Waals surface area contributed by atoms with Gasteiger partial charge in [0.05, 0.1) is 44.1 Å². The summed E-state index contributed by atoms with van der Waals surface area (Å²) in [5.74, 6) is 0.828. The molecule has 0 amide bonds. The van der Waals surface area contributed by atoms with Gasteiger partial charge in [-0.05, 0) is 54.6 Å². The highest BCUT2D eigenvalue weighted by Crippen LogP contribution is 2.39. The molecule has 6 aromatic heterocycles. The molecule has 36 heavy (non-hydrogen) atoms. The van der Waals surface area contributed by atoms with Crippen molar-refractivity contribution in [2.24, 2.45) is 0 Å². The van der Waals surface area contributed by atoms with Crippen molar-refractivity contribution < 1.29 is 0 Å². The molecule has 6 heterocycles. The molecule has 8 rings (SSSR count). The maximum Gasteiger partial charge on any atom is 0.138 e. The zero-order valence-corrected chi connectivity index (χ0v) is 19.1. The number of nitrogens with zero attached hydrogens (tertiary/aromatic N) is 6. The SMILES string of the molecule is c1ccc(-n2c3cccnc3c3cnc4c5ccccc5n(-c5ccc6ncccc6n5)c4c32)cc1. The maximum atomic E-state index is 5.03. The summed E-state index contributed by atoms with van der Waals surface area (Å²) < 4.78 is 4.52. The Morgan fingerprint density at radius 2 is 1.31 bits per heavy atom. The number of para-hydroxylation sites is 2. The van der Waals surface area contributed by atoms with Gasteiger partial charge in [-0.1, -0.05) is 36.4 Å². The average molecular weight is 463 g/mol. The molecule has 0 radical (unpaired) electrons. The minimum Gasteiger partial charge on any atom is -0.305 e. The van der Waals surface area contributed by atoms with Gasteiger partial charge in [0.2, 0.25) is 0 Å². The van der Waals surface area contributed by atoms with Crippen LogP contribution in [0.15, 0.2) is 110 Å². The third-order valence-electron chi connectivity index (χ3n) is 6.84. The molecule has 0 aliphatic carbocycles. The van der Waals surface area contributed by atoms with Gasteiger partial charge in [-0.15, -0.1) is 0 Å². The van der Waals surface area contributed by atoms with Gasteiger partial charge in [0.15, 0.2) is 0 Å². The first-order valence-electron chi connectivity index (χ1n) is 11.8. The third-order valence-corrected chi connectivity index (χ3v) is 6.84. The number of rotatable bonds is 2. The average Bonchev–Trinajstić information content (AvgIpc) is 3.46. The van der Waals surface area contributed by atoms with Crippen molar-refractivity contribution in [3.05, 3.63) is 110 Å². The van der Waals surface area contributed by atoms with Gasteiger partial charge in [0, 0.05) is 35.1 Å². The van der Waals surface area contributed by atoms with Gasteiger partial charge in [-0.25, -0.2) is 4.98 Å².